The highest BCUT2D eigenvalue weighted by molar-refractivity contribution is 5.89. The second-order valence-corrected chi connectivity index (χ2v) is 5.13. The van der Waals surface area contributed by atoms with E-state index in [2.05, 4.69) is 5.32 Å². The van der Waals surface area contributed by atoms with E-state index in [1.807, 2.05) is 18.2 Å². The zero-order valence-corrected chi connectivity index (χ0v) is 12.8. The molecule has 0 aliphatic carbocycles. The molecule has 6 heteroatoms. The standard InChI is InChI=1S/C18H15N3O3/c19-11-14-5-7-15(8-6-14)20-18(22)21(12-16-3-1-9-23-16)13-17-4-2-10-24-17/h1-10H,12-13H2,(H,20,22). The number of amides is 2. The van der Waals surface area contributed by atoms with Crippen molar-refractivity contribution < 1.29 is 13.6 Å². The average Bonchev–Trinajstić information content (AvgIpc) is 3.29. The molecule has 120 valence electrons. The van der Waals surface area contributed by atoms with Crippen molar-refractivity contribution in [2.45, 2.75) is 13.1 Å². The lowest BCUT2D eigenvalue weighted by Gasteiger charge is -2.21. The Labute approximate surface area is 138 Å². The number of nitriles is 1. The fourth-order valence-corrected chi connectivity index (χ4v) is 2.21. The molecule has 0 atom stereocenters. The van der Waals surface area contributed by atoms with Crippen molar-refractivity contribution in [1.29, 1.82) is 5.26 Å². The average molecular weight is 321 g/mol. The van der Waals surface area contributed by atoms with E-state index in [9.17, 15) is 4.79 Å². The maximum absolute atomic E-state index is 12.6. The van der Waals surface area contributed by atoms with Gasteiger partial charge in [-0.25, -0.2) is 4.79 Å². The minimum absolute atomic E-state index is 0.285. The quantitative estimate of drug-likeness (QED) is 0.770. The molecular formula is C18H15N3O3. The number of urea groups is 1. The monoisotopic (exact) mass is 321 g/mol. The molecule has 1 aromatic carbocycles. The number of rotatable bonds is 5. The third-order valence-electron chi connectivity index (χ3n) is 3.41. The summed E-state index contributed by atoms with van der Waals surface area (Å²) in [5.74, 6) is 1.35. The highest BCUT2D eigenvalue weighted by Crippen LogP contribution is 2.15. The highest BCUT2D eigenvalue weighted by Gasteiger charge is 2.17. The fourth-order valence-electron chi connectivity index (χ4n) is 2.21. The van der Waals surface area contributed by atoms with Gasteiger partial charge in [-0.05, 0) is 48.5 Å². The Hall–Kier alpha value is -3.46. The van der Waals surface area contributed by atoms with Crippen LogP contribution in [0.15, 0.2) is 69.9 Å². The van der Waals surface area contributed by atoms with Gasteiger partial charge in [0.2, 0.25) is 0 Å². The number of carbonyl (C=O) groups excluding carboxylic acids is 1. The number of anilines is 1. The molecule has 1 N–H and O–H groups in total. The van der Waals surface area contributed by atoms with Gasteiger partial charge >= 0.3 is 6.03 Å². The number of hydrogen-bond acceptors (Lipinski definition) is 4. The van der Waals surface area contributed by atoms with Crippen LogP contribution in [0.3, 0.4) is 0 Å². The molecule has 0 bridgehead atoms. The van der Waals surface area contributed by atoms with Crippen LogP contribution in [0.4, 0.5) is 10.5 Å². The predicted molar refractivity (Wildman–Crippen MR) is 86.8 cm³/mol. The van der Waals surface area contributed by atoms with Crippen LogP contribution < -0.4 is 5.32 Å². The second kappa shape index (κ2) is 7.20. The normalized spacial score (nSPS) is 10.1. The molecule has 0 saturated heterocycles. The molecule has 6 nitrogen and oxygen atoms in total. The van der Waals surface area contributed by atoms with Gasteiger partial charge in [-0.1, -0.05) is 0 Å². The van der Waals surface area contributed by atoms with Crippen LogP contribution in [0.5, 0.6) is 0 Å². The minimum atomic E-state index is -0.285. The third-order valence-corrected chi connectivity index (χ3v) is 3.41. The van der Waals surface area contributed by atoms with Gasteiger partial charge in [0.05, 0.1) is 37.2 Å². The summed E-state index contributed by atoms with van der Waals surface area (Å²) >= 11 is 0. The van der Waals surface area contributed by atoms with Crippen molar-refractivity contribution in [3.63, 3.8) is 0 Å². The van der Waals surface area contributed by atoms with E-state index in [1.165, 1.54) is 0 Å². The largest absolute Gasteiger partial charge is 0.467 e. The predicted octanol–water partition coefficient (Wildman–Crippen LogP) is 3.98. The molecule has 3 aromatic rings. The van der Waals surface area contributed by atoms with Crippen molar-refractivity contribution in [3.05, 3.63) is 78.1 Å². The zero-order chi connectivity index (χ0) is 16.8. The Kier molecular flexibility index (Phi) is 4.63. The molecule has 0 radical (unpaired) electrons. The zero-order valence-electron chi connectivity index (χ0n) is 12.8. The number of nitrogens with one attached hydrogen (secondary N) is 1. The van der Waals surface area contributed by atoms with Gasteiger partial charge in [-0.2, -0.15) is 5.26 Å². The van der Waals surface area contributed by atoms with Gasteiger partial charge in [0.25, 0.3) is 0 Å². The topological polar surface area (TPSA) is 82.4 Å². The SMILES string of the molecule is N#Cc1ccc(NC(=O)N(Cc2ccco2)Cc2ccco2)cc1. The molecule has 3 rings (SSSR count). The van der Waals surface area contributed by atoms with Crippen LogP contribution in [0.25, 0.3) is 0 Å². The number of benzene rings is 1. The Morgan fingerprint density at radius 3 is 2.04 bits per heavy atom. The van der Waals surface area contributed by atoms with Crippen LogP contribution in [0.1, 0.15) is 17.1 Å². The molecule has 24 heavy (non-hydrogen) atoms. The second-order valence-electron chi connectivity index (χ2n) is 5.13. The van der Waals surface area contributed by atoms with E-state index in [0.717, 1.165) is 0 Å². The first-order valence-electron chi connectivity index (χ1n) is 7.35. The number of nitrogens with zero attached hydrogens (tertiary/aromatic N) is 2. The lowest BCUT2D eigenvalue weighted by molar-refractivity contribution is 0.195. The molecule has 0 aliphatic heterocycles. The molecule has 0 aliphatic rings. The van der Waals surface area contributed by atoms with Crippen LogP contribution >= 0.6 is 0 Å². The lowest BCUT2D eigenvalue weighted by atomic mass is 10.2. The first-order valence-corrected chi connectivity index (χ1v) is 7.35. The number of hydrogen-bond donors (Lipinski definition) is 1. The van der Waals surface area contributed by atoms with E-state index in [-0.39, 0.29) is 6.03 Å². The Morgan fingerprint density at radius 2 is 1.58 bits per heavy atom. The van der Waals surface area contributed by atoms with E-state index in [4.69, 9.17) is 14.1 Å². The Bertz CT molecular complexity index is 779. The van der Waals surface area contributed by atoms with Crippen molar-refractivity contribution in [3.8, 4) is 6.07 Å². The number of furan rings is 2. The van der Waals surface area contributed by atoms with Crippen molar-refractivity contribution >= 4 is 11.7 Å². The van der Waals surface area contributed by atoms with Crippen LogP contribution in [0.2, 0.25) is 0 Å². The van der Waals surface area contributed by atoms with Crippen molar-refractivity contribution in [1.82, 2.24) is 4.90 Å². The number of carbonyl (C=O) groups is 1. The van der Waals surface area contributed by atoms with E-state index in [1.54, 1.807) is 53.8 Å². The molecule has 0 unspecified atom stereocenters. The van der Waals surface area contributed by atoms with Gasteiger partial charge in [0.15, 0.2) is 0 Å². The fraction of sp³-hybridized carbons (Fsp3) is 0.111. The first-order chi connectivity index (χ1) is 11.7. The summed E-state index contributed by atoms with van der Waals surface area (Å²) in [6, 6.07) is 15.6. The Balaban J connectivity index is 1.73. The molecule has 2 aromatic heterocycles. The van der Waals surface area contributed by atoms with Gasteiger partial charge in [-0.3, -0.25) is 0 Å². The van der Waals surface area contributed by atoms with E-state index < -0.39 is 0 Å². The summed E-state index contributed by atoms with van der Waals surface area (Å²) in [6.45, 7) is 0.631. The molecule has 2 amide bonds. The van der Waals surface area contributed by atoms with Crippen LogP contribution in [-0.2, 0) is 13.1 Å². The Morgan fingerprint density at radius 1 is 1.00 bits per heavy atom. The van der Waals surface area contributed by atoms with Gasteiger partial charge in [0, 0.05) is 5.69 Å². The summed E-state index contributed by atoms with van der Waals surface area (Å²) in [5.41, 5.74) is 1.15. The summed E-state index contributed by atoms with van der Waals surface area (Å²) in [6.07, 6.45) is 3.14. The van der Waals surface area contributed by atoms with Gasteiger partial charge < -0.3 is 19.1 Å². The molecule has 0 saturated carbocycles. The van der Waals surface area contributed by atoms with Crippen LogP contribution in [0, 0.1) is 11.3 Å². The maximum atomic E-state index is 12.6. The van der Waals surface area contributed by atoms with Crippen molar-refractivity contribution in [2.75, 3.05) is 5.32 Å². The van der Waals surface area contributed by atoms with Gasteiger partial charge in [0.1, 0.15) is 11.5 Å². The molecule has 2 heterocycles. The highest BCUT2D eigenvalue weighted by atomic mass is 16.3. The minimum Gasteiger partial charge on any atom is -0.467 e. The maximum Gasteiger partial charge on any atom is 0.322 e. The van der Waals surface area contributed by atoms with Gasteiger partial charge in [-0.15, -0.1) is 0 Å². The molecular weight excluding hydrogens is 306 g/mol. The van der Waals surface area contributed by atoms with E-state index in [0.29, 0.717) is 35.9 Å². The smallest absolute Gasteiger partial charge is 0.322 e. The summed E-state index contributed by atoms with van der Waals surface area (Å²) in [7, 11) is 0. The lowest BCUT2D eigenvalue weighted by Crippen LogP contribution is -2.33. The summed E-state index contributed by atoms with van der Waals surface area (Å²) < 4.78 is 10.7. The summed E-state index contributed by atoms with van der Waals surface area (Å²) in [5, 5.41) is 11.6. The van der Waals surface area contributed by atoms with Crippen molar-refractivity contribution in [2.24, 2.45) is 0 Å². The van der Waals surface area contributed by atoms with E-state index >= 15 is 0 Å². The van der Waals surface area contributed by atoms with Crippen LogP contribution in [-0.4, -0.2) is 10.9 Å². The molecule has 0 spiro atoms. The summed E-state index contributed by atoms with van der Waals surface area (Å²) in [4.78, 5) is 14.2. The first kappa shape index (κ1) is 15.4. The third kappa shape index (κ3) is 3.84. The molecule has 0 fully saturated rings.